The lowest BCUT2D eigenvalue weighted by Crippen LogP contribution is -2.44. The average molecular weight is 240 g/mol. The molecule has 18 heavy (non-hydrogen) atoms. The van der Waals surface area contributed by atoms with E-state index in [0.29, 0.717) is 6.04 Å². The highest BCUT2D eigenvalue weighted by molar-refractivity contribution is 5.85. The van der Waals surface area contributed by atoms with Crippen LogP contribution in [-0.4, -0.2) is 26.2 Å². The molecule has 0 spiro atoms. The molecule has 0 aliphatic carbocycles. The van der Waals surface area contributed by atoms with Crippen LogP contribution in [0.4, 0.5) is 5.69 Å². The first-order valence-corrected chi connectivity index (χ1v) is 6.78. The number of nitrogens with zero attached hydrogens (tertiary/aromatic N) is 1. The molecular formula is C16H20N2. The molecule has 1 saturated heterocycles. The van der Waals surface area contributed by atoms with Crippen molar-refractivity contribution in [3.8, 4) is 0 Å². The molecule has 0 saturated carbocycles. The van der Waals surface area contributed by atoms with Crippen LogP contribution in [0, 0.1) is 0 Å². The highest BCUT2D eigenvalue weighted by atomic mass is 15.2. The van der Waals surface area contributed by atoms with Gasteiger partial charge in [-0.15, -0.1) is 0 Å². The van der Waals surface area contributed by atoms with Gasteiger partial charge in [-0.2, -0.15) is 0 Å². The number of benzene rings is 2. The van der Waals surface area contributed by atoms with Gasteiger partial charge in [0.05, 0.1) is 0 Å². The van der Waals surface area contributed by atoms with Gasteiger partial charge in [0.2, 0.25) is 0 Å². The monoisotopic (exact) mass is 240 g/mol. The van der Waals surface area contributed by atoms with Crippen LogP contribution in [0.1, 0.15) is 12.8 Å². The van der Waals surface area contributed by atoms with Crippen molar-refractivity contribution in [2.75, 3.05) is 25.0 Å². The molecule has 1 fully saturated rings. The second-order valence-electron chi connectivity index (χ2n) is 5.11. The van der Waals surface area contributed by atoms with Crippen LogP contribution in [0.15, 0.2) is 42.5 Å². The normalized spacial score (nSPS) is 20.3. The number of anilines is 1. The number of nitrogens with one attached hydrogen (secondary N) is 1. The Kier molecular flexibility index (Phi) is 3.20. The minimum absolute atomic E-state index is 0.630. The van der Waals surface area contributed by atoms with Gasteiger partial charge >= 0.3 is 0 Å². The van der Waals surface area contributed by atoms with E-state index in [1.54, 1.807) is 0 Å². The van der Waals surface area contributed by atoms with Gasteiger partial charge in [-0.25, -0.2) is 0 Å². The van der Waals surface area contributed by atoms with E-state index < -0.39 is 0 Å². The number of fused-ring (bicyclic) bond motifs is 1. The van der Waals surface area contributed by atoms with Crippen molar-refractivity contribution in [3.05, 3.63) is 42.5 Å². The summed E-state index contributed by atoms with van der Waals surface area (Å²) < 4.78 is 0. The van der Waals surface area contributed by atoms with Gasteiger partial charge in [-0.3, -0.25) is 0 Å². The minimum atomic E-state index is 0.630. The Balaban J connectivity index is 1.89. The van der Waals surface area contributed by atoms with Gasteiger partial charge in [0.25, 0.3) is 0 Å². The Hall–Kier alpha value is -1.54. The van der Waals surface area contributed by atoms with E-state index in [-0.39, 0.29) is 0 Å². The number of piperidine rings is 1. The predicted octanol–water partition coefficient (Wildman–Crippen LogP) is 3.03. The fraction of sp³-hybridized carbons (Fsp3) is 0.375. The van der Waals surface area contributed by atoms with Crippen LogP contribution < -0.4 is 10.2 Å². The summed E-state index contributed by atoms with van der Waals surface area (Å²) >= 11 is 0. The van der Waals surface area contributed by atoms with E-state index in [0.717, 1.165) is 6.54 Å². The van der Waals surface area contributed by atoms with Gasteiger partial charge < -0.3 is 10.2 Å². The topological polar surface area (TPSA) is 15.3 Å². The minimum Gasteiger partial charge on any atom is -0.370 e. The zero-order chi connectivity index (χ0) is 12.4. The SMILES string of the molecule is CNC1CCCN(c2ccc3ccccc3c2)C1. The highest BCUT2D eigenvalue weighted by Crippen LogP contribution is 2.24. The molecular weight excluding hydrogens is 220 g/mol. The molecule has 0 amide bonds. The van der Waals surface area contributed by atoms with Crippen molar-refractivity contribution >= 4 is 16.5 Å². The zero-order valence-corrected chi connectivity index (χ0v) is 10.9. The Morgan fingerprint density at radius 2 is 1.94 bits per heavy atom. The van der Waals surface area contributed by atoms with Crippen molar-refractivity contribution in [1.29, 1.82) is 0 Å². The molecule has 1 aliphatic rings. The van der Waals surface area contributed by atoms with Gasteiger partial charge in [-0.1, -0.05) is 30.3 Å². The maximum absolute atomic E-state index is 3.40. The first-order valence-electron chi connectivity index (χ1n) is 6.78. The highest BCUT2D eigenvalue weighted by Gasteiger charge is 2.18. The van der Waals surface area contributed by atoms with Crippen LogP contribution in [0.3, 0.4) is 0 Å². The molecule has 1 unspecified atom stereocenters. The van der Waals surface area contributed by atoms with Crippen molar-refractivity contribution in [1.82, 2.24) is 5.32 Å². The maximum atomic E-state index is 3.40. The smallest absolute Gasteiger partial charge is 0.0373 e. The third-order valence-electron chi connectivity index (χ3n) is 3.93. The van der Waals surface area contributed by atoms with Crippen molar-refractivity contribution in [3.63, 3.8) is 0 Å². The zero-order valence-electron chi connectivity index (χ0n) is 10.9. The fourth-order valence-corrected chi connectivity index (χ4v) is 2.82. The summed E-state index contributed by atoms with van der Waals surface area (Å²) in [5.74, 6) is 0. The lowest BCUT2D eigenvalue weighted by molar-refractivity contribution is 0.450. The average Bonchev–Trinajstić information content (AvgIpc) is 2.47. The molecule has 1 aliphatic heterocycles. The van der Waals surface area contributed by atoms with E-state index in [9.17, 15) is 0 Å². The summed E-state index contributed by atoms with van der Waals surface area (Å²) in [6.07, 6.45) is 2.57. The molecule has 3 rings (SSSR count). The van der Waals surface area contributed by atoms with Crippen LogP contribution >= 0.6 is 0 Å². The van der Waals surface area contributed by atoms with Crippen LogP contribution in [0.2, 0.25) is 0 Å². The van der Waals surface area contributed by atoms with Crippen LogP contribution in [0.5, 0.6) is 0 Å². The Morgan fingerprint density at radius 3 is 2.78 bits per heavy atom. The summed E-state index contributed by atoms with van der Waals surface area (Å²) in [4.78, 5) is 2.50. The molecule has 0 aromatic heterocycles. The largest absolute Gasteiger partial charge is 0.370 e. The number of hydrogen-bond acceptors (Lipinski definition) is 2. The lowest BCUT2D eigenvalue weighted by atomic mass is 10.0. The molecule has 0 radical (unpaired) electrons. The molecule has 1 atom stereocenters. The first kappa shape index (κ1) is 11.5. The standard InChI is InChI=1S/C16H20N2/c1-17-15-7-4-10-18(12-15)16-9-8-13-5-2-3-6-14(13)11-16/h2-3,5-6,8-9,11,15,17H,4,7,10,12H2,1H3. The molecule has 2 aromatic rings. The predicted molar refractivity (Wildman–Crippen MR) is 78.2 cm³/mol. The molecule has 2 nitrogen and oxygen atoms in total. The van der Waals surface area contributed by atoms with E-state index in [4.69, 9.17) is 0 Å². The Labute approximate surface area is 109 Å². The first-order chi connectivity index (χ1) is 8.86. The lowest BCUT2D eigenvalue weighted by Gasteiger charge is -2.34. The van der Waals surface area contributed by atoms with E-state index in [2.05, 4.69) is 59.7 Å². The summed E-state index contributed by atoms with van der Waals surface area (Å²) in [6, 6.07) is 16.0. The molecule has 1 heterocycles. The van der Waals surface area contributed by atoms with Crippen LogP contribution in [-0.2, 0) is 0 Å². The quantitative estimate of drug-likeness (QED) is 0.868. The van der Waals surface area contributed by atoms with Gasteiger partial charge in [0, 0.05) is 24.8 Å². The maximum Gasteiger partial charge on any atom is 0.0373 e. The fourth-order valence-electron chi connectivity index (χ4n) is 2.82. The van der Waals surface area contributed by atoms with E-state index >= 15 is 0 Å². The number of hydrogen-bond donors (Lipinski definition) is 1. The van der Waals surface area contributed by atoms with Crippen molar-refractivity contribution < 1.29 is 0 Å². The summed E-state index contributed by atoms with van der Waals surface area (Å²) in [5.41, 5.74) is 1.36. The number of rotatable bonds is 2. The third kappa shape index (κ3) is 2.21. The van der Waals surface area contributed by atoms with Gasteiger partial charge in [0.15, 0.2) is 0 Å². The summed E-state index contributed by atoms with van der Waals surface area (Å²) in [5, 5.41) is 6.06. The molecule has 94 valence electrons. The molecule has 1 N–H and O–H groups in total. The van der Waals surface area contributed by atoms with Crippen molar-refractivity contribution in [2.45, 2.75) is 18.9 Å². The molecule has 2 aromatic carbocycles. The van der Waals surface area contributed by atoms with Gasteiger partial charge in [0.1, 0.15) is 0 Å². The Bertz CT molecular complexity index is 535. The second kappa shape index (κ2) is 4.99. The summed E-state index contributed by atoms with van der Waals surface area (Å²) in [7, 11) is 2.06. The second-order valence-corrected chi connectivity index (χ2v) is 5.11. The summed E-state index contributed by atoms with van der Waals surface area (Å²) in [6.45, 7) is 2.30. The van der Waals surface area contributed by atoms with Crippen LogP contribution in [0.25, 0.3) is 10.8 Å². The molecule has 2 heteroatoms. The van der Waals surface area contributed by atoms with E-state index in [1.807, 2.05) is 0 Å². The molecule has 0 bridgehead atoms. The van der Waals surface area contributed by atoms with Crippen molar-refractivity contribution in [2.24, 2.45) is 0 Å². The van der Waals surface area contributed by atoms with Gasteiger partial charge in [-0.05, 0) is 42.8 Å². The Morgan fingerprint density at radius 1 is 1.11 bits per heavy atom. The van der Waals surface area contributed by atoms with E-state index in [1.165, 1.54) is 35.8 Å². The number of likely N-dealkylation sites (N-methyl/N-ethyl adjacent to an activating group) is 1. The third-order valence-corrected chi connectivity index (χ3v) is 3.93.